The topological polar surface area (TPSA) is 88.5 Å². The number of carboxylic acids is 1. The fourth-order valence-corrected chi connectivity index (χ4v) is 4.19. The van der Waals surface area contributed by atoms with E-state index in [9.17, 15) is 9.59 Å². The molecule has 0 saturated carbocycles. The molecule has 1 amide bonds. The Morgan fingerprint density at radius 1 is 1.11 bits per heavy atom. The van der Waals surface area contributed by atoms with Gasteiger partial charge in [0.15, 0.2) is 0 Å². The molecular weight excluding hydrogens is 376 g/mol. The summed E-state index contributed by atoms with van der Waals surface area (Å²) in [6.07, 6.45) is -0.908. The Hall–Kier alpha value is -3.19. The number of nitrogens with zero attached hydrogens (tertiary/aromatic N) is 1. The van der Waals surface area contributed by atoms with Gasteiger partial charge in [-0.05, 0) is 22.3 Å². The van der Waals surface area contributed by atoms with Gasteiger partial charge in [-0.2, -0.15) is 0 Å². The van der Waals surface area contributed by atoms with E-state index < -0.39 is 18.1 Å². The Morgan fingerprint density at radius 3 is 2.32 bits per heavy atom. The van der Waals surface area contributed by atoms with E-state index in [1.807, 2.05) is 36.4 Å². The van der Waals surface area contributed by atoms with E-state index in [0.717, 1.165) is 22.3 Å². The third-order valence-electron chi connectivity index (χ3n) is 4.82. The van der Waals surface area contributed by atoms with E-state index in [1.54, 1.807) is 10.9 Å². The number of carboxylic acid groups (broad SMARTS) is 1. The molecule has 3 aromatic rings. The fraction of sp³-hybridized carbons (Fsp3) is 0.190. The molecule has 0 radical (unpaired) electrons. The van der Waals surface area contributed by atoms with Crippen molar-refractivity contribution < 1.29 is 19.4 Å². The molecule has 0 saturated heterocycles. The van der Waals surface area contributed by atoms with Crippen LogP contribution >= 0.6 is 11.3 Å². The van der Waals surface area contributed by atoms with Crippen LogP contribution in [0.5, 0.6) is 0 Å². The number of fused-ring (bicyclic) bond motifs is 3. The second-order valence-corrected chi connectivity index (χ2v) is 7.25. The van der Waals surface area contributed by atoms with Gasteiger partial charge < -0.3 is 15.2 Å². The van der Waals surface area contributed by atoms with Crippen LogP contribution in [0.2, 0.25) is 0 Å². The summed E-state index contributed by atoms with van der Waals surface area (Å²) in [5.41, 5.74) is 6.66. The Balaban J connectivity index is 1.47. The number of ether oxygens (including phenoxy) is 1. The zero-order chi connectivity index (χ0) is 19.5. The maximum atomic E-state index is 12.4. The zero-order valence-electron chi connectivity index (χ0n) is 14.9. The quantitative estimate of drug-likeness (QED) is 0.654. The molecule has 1 aliphatic rings. The average Bonchev–Trinajstić information content (AvgIpc) is 3.32. The first-order chi connectivity index (χ1) is 13.6. The summed E-state index contributed by atoms with van der Waals surface area (Å²) >= 11 is 1.34. The van der Waals surface area contributed by atoms with Crippen molar-refractivity contribution in [2.75, 3.05) is 6.61 Å². The maximum Gasteiger partial charge on any atom is 0.407 e. The lowest BCUT2D eigenvalue weighted by atomic mass is 9.98. The van der Waals surface area contributed by atoms with Crippen LogP contribution in [0.3, 0.4) is 0 Å². The monoisotopic (exact) mass is 394 g/mol. The third kappa shape index (κ3) is 3.61. The lowest BCUT2D eigenvalue weighted by Gasteiger charge is -2.17. The van der Waals surface area contributed by atoms with Crippen LogP contribution in [0, 0.1) is 0 Å². The number of hydrogen-bond donors (Lipinski definition) is 2. The first-order valence-electron chi connectivity index (χ1n) is 8.85. The second-order valence-electron chi connectivity index (χ2n) is 6.53. The van der Waals surface area contributed by atoms with Crippen LogP contribution in [-0.4, -0.2) is 28.8 Å². The number of amides is 1. The van der Waals surface area contributed by atoms with Gasteiger partial charge >= 0.3 is 12.1 Å². The van der Waals surface area contributed by atoms with Gasteiger partial charge in [0.25, 0.3) is 0 Å². The van der Waals surface area contributed by atoms with Crippen LogP contribution in [0.25, 0.3) is 11.1 Å². The summed E-state index contributed by atoms with van der Waals surface area (Å²) in [5.74, 6) is -1.06. The minimum absolute atomic E-state index is 0.0460. The first-order valence-corrected chi connectivity index (χ1v) is 9.79. The number of thiazole rings is 1. The van der Waals surface area contributed by atoms with Gasteiger partial charge in [0, 0.05) is 11.3 Å². The summed E-state index contributed by atoms with van der Waals surface area (Å²) in [6.45, 7) is 0.177. The summed E-state index contributed by atoms with van der Waals surface area (Å²) < 4.78 is 5.48. The number of rotatable bonds is 6. The standard InChI is InChI=1S/C21H18N2O4S/c24-20(25)9-18(19-11-28-12-22-19)23-21(26)27-10-17-15-7-3-1-5-13(15)14-6-2-4-8-16(14)17/h1-8,11-12,17-18H,9-10H2,(H,23,26)(H,24,25)/t18-/m0/s1. The van der Waals surface area contributed by atoms with Crippen molar-refractivity contribution in [3.8, 4) is 11.1 Å². The Kier molecular flexibility index (Phi) is 5.08. The van der Waals surface area contributed by atoms with Gasteiger partial charge in [-0.25, -0.2) is 9.78 Å². The number of benzene rings is 2. The van der Waals surface area contributed by atoms with Gasteiger partial charge in [0.1, 0.15) is 6.61 Å². The number of carbonyl (C=O) groups is 2. The third-order valence-corrected chi connectivity index (χ3v) is 5.43. The predicted molar refractivity (Wildman–Crippen MR) is 105 cm³/mol. The fourth-order valence-electron chi connectivity index (χ4n) is 3.58. The molecule has 0 unspecified atom stereocenters. The minimum atomic E-state index is -1.02. The molecule has 1 aliphatic carbocycles. The predicted octanol–water partition coefficient (Wildman–Crippen LogP) is 4.20. The van der Waals surface area contributed by atoms with E-state index in [4.69, 9.17) is 9.84 Å². The highest BCUT2D eigenvalue weighted by molar-refractivity contribution is 7.07. The van der Waals surface area contributed by atoms with Crippen molar-refractivity contribution >= 4 is 23.4 Å². The lowest BCUT2D eigenvalue weighted by Crippen LogP contribution is -2.31. The van der Waals surface area contributed by atoms with Gasteiger partial charge in [-0.1, -0.05) is 48.5 Å². The molecule has 0 bridgehead atoms. The number of aliphatic carboxylic acids is 1. The highest BCUT2D eigenvalue weighted by atomic mass is 32.1. The second kappa shape index (κ2) is 7.82. The largest absolute Gasteiger partial charge is 0.481 e. The summed E-state index contributed by atoms with van der Waals surface area (Å²) in [7, 11) is 0. The van der Waals surface area contributed by atoms with Crippen LogP contribution in [0.4, 0.5) is 4.79 Å². The molecule has 1 atom stereocenters. The number of carbonyl (C=O) groups excluding carboxylic acids is 1. The molecule has 7 heteroatoms. The normalized spacial score (nSPS) is 13.4. The van der Waals surface area contributed by atoms with E-state index in [0.29, 0.717) is 5.69 Å². The molecular formula is C21H18N2O4S. The lowest BCUT2D eigenvalue weighted by molar-refractivity contribution is -0.137. The summed E-state index contributed by atoms with van der Waals surface area (Å²) in [4.78, 5) is 27.6. The number of aromatic nitrogens is 1. The van der Waals surface area contributed by atoms with E-state index in [2.05, 4.69) is 22.4 Å². The molecule has 2 N–H and O–H groups in total. The van der Waals surface area contributed by atoms with Gasteiger partial charge in [0.05, 0.1) is 23.7 Å². The Bertz CT molecular complexity index is 958. The van der Waals surface area contributed by atoms with E-state index in [-0.39, 0.29) is 18.9 Å². The van der Waals surface area contributed by atoms with Gasteiger partial charge in [-0.3, -0.25) is 4.79 Å². The smallest absolute Gasteiger partial charge is 0.407 e. The van der Waals surface area contributed by atoms with Crippen LogP contribution in [-0.2, 0) is 9.53 Å². The molecule has 0 spiro atoms. The summed E-state index contributed by atoms with van der Waals surface area (Å²) in [6, 6.07) is 15.4. The Labute approximate surface area is 165 Å². The molecule has 0 aliphatic heterocycles. The van der Waals surface area contributed by atoms with Crippen molar-refractivity contribution in [3.63, 3.8) is 0 Å². The van der Waals surface area contributed by atoms with Crippen molar-refractivity contribution in [2.45, 2.75) is 18.4 Å². The maximum absolute atomic E-state index is 12.4. The molecule has 0 fully saturated rings. The van der Waals surface area contributed by atoms with Crippen molar-refractivity contribution in [3.05, 3.63) is 76.2 Å². The molecule has 28 heavy (non-hydrogen) atoms. The zero-order valence-corrected chi connectivity index (χ0v) is 15.7. The van der Waals surface area contributed by atoms with Crippen molar-refractivity contribution in [1.29, 1.82) is 0 Å². The van der Waals surface area contributed by atoms with Crippen molar-refractivity contribution in [2.24, 2.45) is 0 Å². The minimum Gasteiger partial charge on any atom is -0.481 e. The molecule has 2 aromatic carbocycles. The molecule has 142 valence electrons. The Morgan fingerprint density at radius 2 is 1.75 bits per heavy atom. The number of nitrogens with one attached hydrogen (secondary N) is 1. The van der Waals surface area contributed by atoms with E-state index in [1.165, 1.54) is 11.3 Å². The molecule has 6 nitrogen and oxygen atoms in total. The number of alkyl carbamates (subject to hydrolysis) is 1. The van der Waals surface area contributed by atoms with Crippen LogP contribution < -0.4 is 5.32 Å². The molecule has 1 aromatic heterocycles. The average molecular weight is 394 g/mol. The van der Waals surface area contributed by atoms with Gasteiger partial charge in [-0.15, -0.1) is 11.3 Å². The van der Waals surface area contributed by atoms with Crippen LogP contribution in [0.15, 0.2) is 59.4 Å². The van der Waals surface area contributed by atoms with E-state index >= 15 is 0 Å². The highest BCUT2D eigenvalue weighted by Gasteiger charge is 2.29. The van der Waals surface area contributed by atoms with Crippen molar-refractivity contribution in [1.82, 2.24) is 10.3 Å². The molecule has 4 rings (SSSR count). The van der Waals surface area contributed by atoms with Crippen LogP contribution in [0.1, 0.15) is 35.2 Å². The SMILES string of the molecule is O=C(O)C[C@H](NC(=O)OCC1c2ccccc2-c2ccccc21)c1cscn1. The number of hydrogen-bond acceptors (Lipinski definition) is 5. The highest BCUT2D eigenvalue weighted by Crippen LogP contribution is 2.44. The first kappa shape index (κ1) is 18.2. The molecule has 1 heterocycles. The van der Waals surface area contributed by atoms with Gasteiger partial charge in [0.2, 0.25) is 0 Å². The summed E-state index contributed by atoms with van der Waals surface area (Å²) in [5, 5.41) is 13.4.